The number of benzene rings is 2. The number of carbonyl (C=O) groups excluding carboxylic acids is 1. The molecule has 2 nitrogen and oxygen atoms in total. The Morgan fingerprint density at radius 3 is 2.06 bits per heavy atom. The summed E-state index contributed by atoms with van der Waals surface area (Å²) in [5.41, 5.74) is 2.59. The van der Waals surface area contributed by atoms with Crippen LogP contribution < -0.4 is 5.32 Å². The Morgan fingerprint density at radius 1 is 0.889 bits per heavy atom. The summed E-state index contributed by atoms with van der Waals surface area (Å²) in [4.78, 5) is 11.9. The fourth-order valence-corrected chi connectivity index (χ4v) is 1.50. The fourth-order valence-electron chi connectivity index (χ4n) is 1.50. The van der Waals surface area contributed by atoms with E-state index in [1.165, 1.54) is 0 Å². The molecule has 2 aromatic rings. The molecule has 94 valence electrons. The van der Waals surface area contributed by atoms with Crippen LogP contribution in [0.15, 0.2) is 54.6 Å². The molecule has 18 heavy (non-hydrogen) atoms. The molecule has 2 heteroatoms. The quantitative estimate of drug-likeness (QED) is 0.835. The van der Waals surface area contributed by atoms with E-state index in [0.29, 0.717) is 5.56 Å². The summed E-state index contributed by atoms with van der Waals surface area (Å²) in [6.07, 6.45) is 0. The summed E-state index contributed by atoms with van der Waals surface area (Å²) < 4.78 is 0. The van der Waals surface area contributed by atoms with E-state index in [1.807, 2.05) is 63.2 Å². The first-order valence-corrected chi connectivity index (χ1v) is 6.19. The van der Waals surface area contributed by atoms with Gasteiger partial charge < -0.3 is 5.32 Å². The minimum absolute atomic E-state index is 0.0742. The maximum Gasteiger partial charge on any atom is 0.255 e. The second-order valence-corrected chi connectivity index (χ2v) is 3.64. The average Bonchev–Trinajstić information content (AvgIpc) is 2.44. The lowest BCUT2D eigenvalue weighted by molar-refractivity contribution is 0.102. The standard InChI is InChI=1S/C14H13NO.C2H6/c1-11-7-5-6-10-13(11)15-14(16)12-8-3-2-4-9-12;1-2/h2-10H,1H3,(H,15,16);1-2H3. The largest absolute Gasteiger partial charge is 0.322 e. The van der Waals surface area contributed by atoms with E-state index in [2.05, 4.69) is 5.32 Å². The maximum atomic E-state index is 11.9. The Morgan fingerprint density at radius 2 is 1.44 bits per heavy atom. The molecule has 0 saturated heterocycles. The van der Waals surface area contributed by atoms with Gasteiger partial charge in [-0.25, -0.2) is 0 Å². The highest BCUT2D eigenvalue weighted by Crippen LogP contribution is 2.14. The molecule has 1 N–H and O–H groups in total. The normalized spacial score (nSPS) is 9.06. The molecule has 0 saturated carbocycles. The number of anilines is 1. The molecule has 1 amide bonds. The Bertz CT molecular complexity index is 491. The van der Waals surface area contributed by atoms with Gasteiger partial charge in [0.15, 0.2) is 0 Å². The van der Waals surface area contributed by atoms with Gasteiger partial charge in [-0.3, -0.25) is 4.79 Å². The molecule has 0 fully saturated rings. The lowest BCUT2D eigenvalue weighted by Crippen LogP contribution is -2.12. The number of amides is 1. The minimum atomic E-state index is -0.0742. The van der Waals surface area contributed by atoms with E-state index in [9.17, 15) is 4.79 Å². The van der Waals surface area contributed by atoms with Gasteiger partial charge in [0.1, 0.15) is 0 Å². The Kier molecular flexibility index (Phi) is 5.65. The number of carbonyl (C=O) groups is 1. The third kappa shape index (κ3) is 3.74. The number of hydrogen-bond acceptors (Lipinski definition) is 1. The summed E-state index contributed by atoms with van der Waals surface area (Å²) in [6.45, 7) is 5.97. The van der Waals surface area contributed by atoms with Crippen molar-refractivity contribution in [1.29, 1.82) is 0 Å². The van der Waals surface area contributed by atoms with E-state index < -0.39 is 0 Å². The first-order valence-electron chi connectivity index (χ1n) is 6.19. The van der Waals surface area contributed by atoms with Crippen LogP contribution >= 0.6 is 0 Å². The van der Waals surface area contributed by atoms with Gasteiger partial charge in [-0.1, -0.05) is 50.2 Å². The SMILES string of the molecule is CC.Cc1ccccc1NC(=O)c1ccccc1. The average molecular weight is 241 g/mol. The van der Waals surface area contributed by atoms with Gasteiger partial charge in [-0.05, 0) is 30.7 Å². The van der Waals surface area contributed by atoms with Crippen molar-refractivity contribution < 1.29 is 4.79 Å². The molecule has 0 heterocycles. The molecule has 2 aromatic carbocycles. The highest BCUT2D eigenvalue weighted by atomic mass is 16.1. The monoisotopic (exact) mass is 241 g/mol. The summed E-state index contributed by atoms with van der Waals surface area (Å²) in [5, 5.41) is 2.89. The van der Waals surface area contributed by atoms with Crippen molar-refractivity contribution >= 4 is 11.6 Å². The summed E-state index contributed by atoms with van der Waals surface area (Å²) in [7, 11) is 0. The Balaban J connectivity index is 0.000000771. The van der Waals surface area contributed by atoms with Crippen molar-refractivity contribution in [2.75, 3.05) is 5.32 Å². The van der Waals surface area contributed by atoms with Gasteiger partial charge >= 0.3 is 0 Å². The molecule has 0 atom stereocenters. The first-order chi connectivity index (χ1) is 8.77. The number of rotatable bonds is 2. The molecule has 0 aromatic heterocycles. The van der Waals surface area contributed by atoms with Crippen LogP contribution in [-0.2, 0) is 0 Å². The second kappa shape index (κ2) is 7.28. The lowest BCUT2D eigenvalue weighted by atomic mass is 10.1. The Hall–Kier alpha value is -2.09. The first kappa shape index (κ1) is 14.0. The third-order valence-electron chi connectivity index (χ3n) is 2.43. The van der Waals surface area contributed by atoms with E-state index in [-0.39, 0.29) is 5.91 Å². The third-order valence-corrected chi connectivity index (χ3v) is 2.43. The highest BCUT2D eigenvalue weighted by Gasteiger charge is 2.05. The minimum Gasteiger partial charge on any atom is -0.322 e. The van der Waals surface area contributed by atoms with Crippen LogP contribution in [0.2, 0.25) is 0 Å². The van der Waals surface area contributed by atoms with E-state index in [0.717, 1.165) is 11.3 Å². The molecule has 0 spiro atoms. The highest BCUT2D eigenvalue weighted by molar-refractivity contribution is 6.04. The van der Waals surface area contributed by atoms with Gasteiger partial charge in [0.05, 0.1) is 0 Å². The summed E-state index contributed by atoms with van der Waals surface area (Å²) in [5.74, 6) is -0.0742. The van der Waals surface area contributed by atoms with E-state index >= 15 is 0 Å². The van der Waals surface area contributed by atoms with Crippen molar-refractivity contribution in [2.24, 2.45) is 0 Å². The molecule has 0 aliphatic carbocycles. The van der Waals surface area contributed by atoms with Gasteiger partial charge in [-0.15, -0.1) is 0 Å². The van der Waals surface area contributed by atoms with Crippen molar-refractivity contribution in [3.8, 4) is 0 Å². The van der Waals surface area contributed by atoms with Crippen molar-refractivity contribution in [2.45, 2.75) is 20.8 Å². The Labute approximate surface area is 109 Å². The molecule has 0 aliphatic rings. The summed E-state index contributed by atoms with van der Waals surface area (Å²) >= 11 is 0. The van der Waals surface area contributed by atoms with Crippen LogP contribution in [-0.4, -0.2) is 5.91 Å². The zero-order chi connectivity index (χ0) is 13.4. The van der Waals surface area contributed by atoms with Gasteiger partial charge in [-0.2, -0.15) is 0 Å². The number of nitrogens with one attached hydrogen (secondary N) is 1. The molecular weight excluding hydrogens is 222 g/mol. The van der Waals surface area contributed by atoms with E-state index in [1.54, 1.807) is 12.1 Å². The smallest absolute Gasteiger partial charge is 0.255 e. The molecule has 0 radical (unpaired) electrons. The van der Waals surface area contributed by atoms with Gasteiger partial charge in [0.25, 0.3) is 5.91 Å². The van der Waals surface area contributed by atoms with Crippen LogP contribution in [0.3, 0.4) is 0 Å². The van der Waals surface area contributed by atoms with Crippen molar-refractivity contribution in [1.82, 2.24) is 0 Å². The van der Waals surface area contributed by atoms with Crippen LogP contribution in [0.25, 0.3) is 0 Å². The van der Waals surface area contributed by atoms with E-state index in [4.69, 9.17) is 0 Å². The topological polar surface area (TPSA) is 29.1 Å². The fraction of sp³-hybridized carbons (Fsp3) is 0.188. The predicted molar refractivity (Wildman–Crippen MR) is 76.9 cm³/mol. The van der Waals surface area contributed by atoms with Crippen LogP contribution in [0.5, 0.6) is 0 Å². The molecule has 0 aliphatic heterocycles. The van der Waals surface area contributed by atoms with Crippen molar-refractivity contribution in [3.05, 3.63) is 65.7 Å². The summed E-state index contributed by atoms with van der Waals surface area (Å²) in [6, 6.07) is 16.9. The number of aryl methyl sites for hydroxylation is 1. The molecular formula is C16H19NO. The second-order valence-electron chi connectivity index (χ2n) is 3.64. The molecule has 2 rings (SSSR count). The predicted octanol–water partition coefficient (Wildman–Crippen LogP) is 4.27. The molecule has 0 bridgehead atoms. The van der Waals surface area contributed by atoms with Crippen LogP contribution in [0.1, 0.15) is 29.8 Å². The van der Waals surface area contributed by atoms with Crippen LogP contribution in [0.4, 0.5) is 5.69 Å². The van der Waals surface area contributed by atoms with Crippen molar-refractivity contribution in [3.63, 3.8) is 0 Å². The lowest BCUT2D eigenvalue weighted by Gasteiger charge is -2.07. The number of hydrogen-bond donors (Lipinski definition) is 1. The van der Waals surface area contributed by atoms with Crippen LogP contribution in [0, 0.1) is 6.92 Å². The molecule has 0 unspecified atom stereocenters. The maximum absolute atomic E-state index is 11.9. The zero-order valence-corrected chi connectivity index (χ0v) is 11.1. The zero-order valence-electron chi connectivity index (χ0n) is 11.1. The number of para-hydroxylation sites is 1. The van der Waals surface area contributed by atoms with Gasteiger partial charge in [0, 0.05) is 11.3 Å². The van der Waals surface area contributed by atoms with Gasteiger partial charge in [0.2, 0.25) is 0 Å².